The van der Waals surface area contributed by atoms with Gasteiger partial charge < -0.3 is 0 Å². The molecule has 0 aliphatic heterocycles. The second-order valence-electron chi connectivity index (χ2n) is 6.25. The minimum atomic E-state index is 0.0443. The molecule has 0 bridgehead atoms. The molecule has 0 radical (unpaired) electrons. The molecule has 0 unspecified atom stereocenters. The first kappa shape index (κ1) is 16.1. The van der Waals surface area contributed by atoms with E-state index in [4.69, 9.17) is 22.1 Å². The van der Waals surface area contributed by atoms with Crippen LogP contribution in [0.2, 0.25) is 5.02 Å². The van der Waals surface area contributed by atoms with E-state index in [2.05, 4.69) is 19.9 Å². The third-order valence-electron chi connectivity index (χ3n) is 3.62. The molecule has 0 heterocycles. The van der Waals surface area contributed by atoms with E-state index in [1.165, 1.54) is 0 Å². The lowest BCUT2D eigenvalue weighted by Crippen LogP contribution is -2.17. The number of allylic oxidation sites excluding steroid dienone is 5. The molecular weight excluding hydrogens is 292 g/mol. The van der Waals surface area contributed by atoms with Crippen molar-refractivity contribution in [3.8, 4) is 12.1 Å². The first-order valence-electron chi connectivity index (χ1n) is 7.11. The minimum absolute atomic E-state index is 0.0443. The van der Waals surface area contributed by atoms with Crippen molar-refractivity contribution in [1.29, 1.82) is 10.5 Å². The third kappa shape index (κ3) is 4.10. The van der Waals surface area contributed by atoms with Crippen LogP contribution in [0.15, 0.2) is 53.1 Å². The molecule has 0 fully saturated rings. The molecule has 22 heavy (non-hydrogen) atoms. The van der Waals surface area contributed by atoms with Gasteiger partial charge in [0.25, 0.3) is 0 Å². The lowest BCUT2D eigenvalue weighted by atomic mass is 9.74. The van der Waals surface area contributed by atoms with E-state index in [-0.39, 0.29) is 11.0 Å². The van der Waals surface area contributed by atoms with Gasteiger partial charge in [-0.15, -0.1) is 0 Å². The average Bonchev–Trinajstić information content (AvgIpc) is 2.46. The van der Waals surface area contributed by atoms with E-state index in [0.29, 0.717) is 5.02 Å². The van der Waals surface area contributed by atoms with Crippen LogP contribution in [0.5, 0.6) is 0 Å². The van der Waals surface area contributed by atoms with Crippen molar-refractivity contribution < 1.29 is 0 Å². The van der Waals surface area contributed by atoms with Crippen molar-refractivity contribution in [2.75, 3.05) is 0 Å². The van der Waals surface area contributed by atoms with Gasteiger partial charge in [-0.2, -0.15) is 10.5 Å². The van der Waals surface area contributed by atoms with Gasteiger partial charge in [0.1, 0.15) is 17.7 Å². The first-order valence-corrected chi connectivity index (χ1v) is 7.49. The third-order valence-corrected chi connectivity index (χ3v) is 3.87. The molecule has 2 nitrogen and oxygen atoms in total. The van der Waals surface area contributed by atoms with E-state index in [9.17, 15) is 0 Å². The van der Waals surface area contributed by atoms with Crippen LogP contribution < -0.4 is 0 Å². The maximum Gasteiger partial charge on any atom is 0.132 e. The van der Waals surface area contributed by atoms with E-state index in [0.717, 1.165) is 29.6 Å². The quantitative estimate of drug-likeness (QED) is 0.683. The molecule has 0 atom stereocenters. The Morgan fingerprint density at radius 2 is 1.73 bits per heavy atom. The van der Waals surface area contributed by atoms with Crippen LogP contribution >= 0.6 is 11.6 Å². The fourth-order valence-corrected chi connectivity index (χ4v) is 2.80. The Kier molecular flexibility index (Phi) is 4.86. The van der Waals surface area contributed by atoms with Crippen LogP contribution in [0.4, 0.5) is 0 Å². The number of nitriles is 2. The van der Waals surface area contributed by atoms with Crippen LogP contribution in [0.1, 0.15) is 32.3 Å². The van der Waals surface area contributed by atoms with Gasteiger partial charge in [-0.05, 0) is 47.1 Å². The van der Waals surface area contributed by atoms with Crippen molar-refractivity contribution >= 4 is 17.7 Å². The summed E-state index contributed by atoms with van der Waals surface area (Å²) in [7, 11) is 0. The zero-order valence-electron chi connectivity index (χ0n) is 12.7. The predicted octanol–water partition coefficient (Wildman–Crippen LogP) is 5.44. The number of benzene rings is 1. The molecule has 0 saturated carbocycles. The maximum atomic E-state index is 9.08. The number of rotatable bonds is 2. The Morgan fingerprint density at radius 1 is 1.09 bits per heavy atom. The molecule has 0 spiro atoms. The fourth-order valence-electron chi connectivity index (χ4n) is 2.67. The lowest BCUT2D eigenvalue weighted by Gasteiger charge is -2.30. The van der Waals surface area contributed by atoms with Gasteiger partial charge in [0.15, 0.2) is 0 Å². The summed E-state index contributed by atoms with van der Waals surface area (Å²) in [6.45, 7) is 4.31. The van der Waals surface area contributed by atoms with Crippen LogP contribution in [0.25, 0.3) is 6.08 Å². The highest BCUT2D eigenvalue weighted by Crippen LogP contribution is 2.39. The molecule has 0 N–H and O–H groups in total. The zero-order valence-corrected chi connectivity index (χ0v) is 13.5. The van der Waals surface area contributed by atoms with Gasteiger partial charge in [-0.3, -0.25) is 0 Å². The van der Waals surface area contributed by atoms with Crippen molar-refractivity contribution in [1.82, 2.24) is 0 Å². The predicted molar refractivity (Wildman–Crippen MR) is 89.8 cm³/mol. The number of halogens is 1. The standard InChI is InChI=1S/C19H17ClN2/c1-19(2)10-15(9-16(11-19)17(12-21)13-22)4-3-14-5-7-18(20)8-6-14/h3-9H,10-11H2,1-2H3/b4-3-. The number of hydrogen-bond acceptors (Lipinski definition) is 2. The van der Waals surface area contributed by atoms with Gasteiger partial charge >= 0.3 is 0 Å². The van der Waals surface area contributed by atoms with Crippen molar-refractivity contribution in [3.63, 3.8) is 0 Å². The van der Waals surface area contributed by atoms with Crippen molar-refractivity contribution in [2.45, 2.75) is 26.7 Å². The van der Waals surface area contributed by atoms with Crippen molar-refractivity contribution in [3.05, 3.63) is 63.7 Å². The molecule has 110 valence electrons. The molecule has 1 aliphatic rings. The van der Waals surface area contributed by atoms with E-state index >= 15 is 0 Å². The molecule has 1 aromatic rings. The monoisotopic (exact) mass is 308 g/mol. The van der Waals surface area contributed by atoms with Gasteiger partial charge in [-0.25, -0.2) is 0 Å². The largest absolute Gasteiger partial charge is 0.192 e. The number of hydrogen-bond donors (Lipinski definition) is 0. The Balaban J connectivity index is 2.33. The molecule has 0 aromatic heterocycles. The first-order chi connectivity index (χ1) is 10.4. The van der Waals surface area contributed by atoms with Crippen LogP contribution in [0, 0.1) is 28.1 Å². The molecule has 1 aromatic carbocycles. The van der Waals surface area contributed by atoms with Gasteiger partial charge in [0.05, 0.1) is 0 Å². The summed E-state index contributed by atoms with van der Waals surface area (Å²) < 4.78 is 0. The SMILES string of the molecule is CC1(C)CC(/C=C\c2ccc(Cl)cc2)=CC(=C(C#N)C#N)C1. The van der Waals surface area contributed by atoms with Crippen LogP contribution in [-0.4, -0.2) is 0 Å². The highest BCUT2D eigenvalue weighted by molar-refractivity contribution is 6.30. The van der Waals surface area contributed by atoms with Gasteiger partial charge in [-0.1, -0.05) is 55.8 Å². The molecule has 0 saturated heterocycles. The van der Waals surface area contributed by atoms with E-state index < -0.39 is 0 Å². The van der Waals surface area contributed by atoms with Gasteiger partial charge in [0.2, 0.25) is 0 Å². The minimum Gasteiger partial charge on any atom is -0.192 e. The second kappa shape index (κ2) is 6.65. The van der Waals surface area contributed by atoms with Crippen LogP contribution in [-0.2, 0) is 0 Å². The summed E-state index contributed by atoms with van der Waals surface area (Å²) in [5.41, 5.74) is 3.29. The molecule has 3 heteroatoms. The summed E-state index contributed by atoms with van der Waals surface area (Å²) in [5, 5.41) is 18.9. The Bertz CT molecular complexity index is 719. The molecule has 1 aliphatic carbocycles. The fraction of sp³-hybridized carbons (Fsp3) is 0.263. The second-order valence-corrected chi connectivity index (χ2v) is 6.68. The zero-order chi connectivity index (χ0) is 16.2. The summed E-state index contributed by atoms with van der Waals surface area (Å²) >= 11 is 5.88. The maximum absolute atomic E-state index is 9.08. The normalized spacial score (nSPS) is 16.8. The highest BCUT2D eigenvalue weighted by Gasteiger charge is 2.26. The Morgan fingerprint density at radius 3 is 2.32 bits per heavy atom. The van der Waals surface area contributed by atoms with Crippen molar-refractivity contribution in [2.24, 2.45) is 5.41 Å². The van der Waals surface area contributed by atoms with Crippen LogP contribution in [0.3, 0.4) is 0 Å². The Labute approximate surface area is 136 Å². The lowest BCUT2D eigenvalue weighted by molar-refractivity contribution is 0.354. The molecule has 2 rings (SSSR count). The number of nitrogens with zero attached hydrogens (tertiary/aromatic N) is 2. The van der Waals surface area contributed by atoms with E-state index in [1.54, 1.807) is 0 Å². The average molecular weight is 309 g/mol. The van der Waals surface area contributed by atoms with Gasteiger partial charge in [0, 0.05) is 5.02 Å². The topological polar surface area (TPSA) is 47.6 Å². The highest BCUT2D eigenvalue weighted by atomic mass is 35.5. The summed E-state index contributed by atoms with van der Waals surface area (Å²) in [6, 6.07) is 11.6. The summed E-state index contributed by atoms with van der Waals surface area (Å²) in [4.78, 5) is 0. The van der Waals surface area contributed by atoms with E-state index in [1.807, 2.05) is 48.6 Å². The smallest absolute Gasteiger partial charge is 0.132 e. The summed E-state index contributed by atoms with van der Waals surface area (Å²) in [5.74, 6) is 0. The molecule has 0 amide bonds. The summed E-state index contributed by atoms with van der Waals surface area (Å²) in [6.07, 6.45) is 7.72. The molecular formula is C19H17ClN2. The Hall–Kier alpha value is -2.29.